The minimum Gasteiger partial charge on any atom is -0.396 e. The molecule has 1 fully saturated rings. The van der Waals surface area contributed by atoms with Crippen LogP contribution in [0.3, 0.4) is 0 Å². The number of carbonyl (C=O) groups is 1. The van der Waals surface area contributed by atoms with E-state index in [2.05, 4.69) is 4.90 Å². The highest BCUT2D eigenvalue weighted by molar-refractivity contribution is 6.34. The van der Waals surface area contributed by atoms with E-state index >= 15 is 0 Å². The van der Waals surface area contributed by atoms with Crippen LogP contribution >= 0.6 is 11.6 Å². The summed E-state index contributed by atoms with van der Waals surface area (Å²) in [7, 11) is 0. The third kappa shape index (κ3) is 3.06. The topological polar surface area (TPSA) is 40.5 Å². The molecule has 1 aromatic rings. The Bertz CT molecular complexity index is 408. The lowest BCUT2D eigenvalue weighted by Crippen LogP contribution is -2.28. The number of benzene rings is 1. The Morgan fingerprint density at radius 3 is 2.88 bits per heavy atom. The largest absolute Gasteiger partial charge is 0.396 e. The van der Waals surface area contributed by atoms with Crippen molar-refractivity contribution < 1.29 is 9.90 Å². The fraction of sp³-hybridized carbons (Fsp3) is 0.462. The highest BCUT2D eigenvalue weighted by Gasteiger charge is 2.24. The molecule has 0 radical (unpaired) electrons. The van der Waals surface area contributed by atoms with E-state index in [1.807, 2.05) is 12.1 Å². The van der Waals surface area contributed by atoms with Crippen molar-refractivity contribution in [2.24, 2.45) is 5.92 Å². The van der Waals surface area contributed by atoms with Crippen molar-refractivity contribution in [3.8, 4) is 0 Å². The number of nitrogens with zero attached hydrogens (tertiary/aromatic N) is 1. The Morgan fingerprint density at radius 1 is 1.47 bits per heavy atom. The lowest BCUT2D eigenvalue weighted by atomic mass is 10.1. The van der Waals surface area contributed by atoms with E-state index in [0.29, 0.717) is 23.0 Å². The summed E-state index contributed by atoms with van der Waals surface area (Å²) in [5.74, 6) is 0.364. The summed E-state index contributed by atoms with van der Waals surface area (Å²) in [6, 6.07) is 7.12. The maximum Gasteiger partial charge on any atom is 0.178 e. The highest BCUT2D eigenvalue weighted by atomic mass is 35.5. The number of hydrogen-bond acceptors (Lipinski definition) is 3. The molecule has 1 unspecified atom stereocenters. The molecule has 0 bridgehead atoms. The molecule has 1 aliphatic heterocycles. The van der Waals surface area contributed by atoms with Gasteiger partial charge in [-0.25, -0.2) is 0 Å². The first-order valence-corrected chi connectivity index (χ1v) is 6.19. The van der Waals surface area contributed by atoms with E-state index in [-0.39, 0.29) is 12.4 Å². The molecule has 2 rings (SSSR count). The minimum absolute atomic E-state index is 0.0502. The molecule has 17 heavy (non-hydrogen) atoms. The zero-order chi connectivity index (χ0) is 12.3. The Hall–Kier alpha value is -0.900. The summed E-state index contributed by atoms with van der Waals surface area (Å²) in [5, 5.41) is 9.56. The molecule has 1 aromatic carbocycles. The average Bonchev–Trinajstić information content (AvgIpc) is 2.77. The molecule has 4 heteroatoms. The van der Waals surface area contributed by atoms with Crippen molar-refractivity contribution in [1.82, 2.24) is 4.90 Å². The SMILES string of the molecule is O=C(CN1CCC(CO)C1)c1ccccc1Cl. The third-order valence-corrected chi connectivity index (χ3v) is 3.50. The number of ketones is 1. The van der Waals surface area contributed by atoms with Gasteiger partial charge in [0.25, 0.3) is 0 Å². The Balaban J connectivity index is 1.96. The van der Waals surface area contributed by atoms with Gasteiger partial charge in [0.1, 0.15) is 0 Å². The molecule has 0 amide bonds. The number of Topliss-reactive ketones (excluding diaryl/α,β-unsaturated/α-hetero) is 1. The van der Waals surface area contributed by atoms with Crippen molar-refractivity contribution in [2.45, 2.75) is 6.42 Å². The molecule has 3 nitrogen and oxygen atoms in total. The fourth-order valence-corrected chi connectivity index (χ4v) is 2.42. The van der Waals surface area contributed by atoms with E-state index in [9.17, 15) is 4.79 Å². The van der Waals surface area contributed by atoms with Crippen LogP contribution in [0.5, 0.6) is 0 Å². The Kier molecular flexibility index (Phi) is 4.15. The van der Waals surface area contributed by atoms with Crippen LogP contribution in [0.1, 0.15) is 16.8 Å². The highest BCUT2D eigenvalue weighted by Crippen LogP contribution is 2.19. The molecule has 0 aromatic heterocycles. The third-order valence-electron chi connectivity index (χ3n) is 3.17. The van der Waals surface area contributed by atoms with Gasteiger partial charge in [-0.15, -0.1) is 0 Å². The summed E-state index contributed by atoms with van der Waals surface area (Å²) in [4.78, 5) is 14.1. The van der Waals surface area contributed by atoms with Gasteiger partial charge in [0.15, 0.2) is 5.78 Å². The van der Waals surface area contributed by atoms with Crippen molar-refractivity contribution in [3.05, 3.63) is 34.9 Å². The van der Waals surface area contributed by atoms with Crippen molar-refractivity contribution >= 4 is 17.4 Å². The molecule has 92 valence electrons. The standard InChI is InChI=1S/C13H16ClNO2/c14-12-4-2-1-3-11(12)13(17)8-15-6-5-10(7-15)9-16/h1-4,10,16H,5-9H2. The quantitative estimate of drug-likeness (QED) is 0.833. The summed E-state index contributed by atoms with van der Waals surface area (Å²) in [6.07, 6.45) is 0.965. The summed E-state index contributed by atoms with van der Waals surface area (Å²) in [6.45, 7) is 2.27. The molecular weight excluding hydrogens is 238 g/mol. The molecule has 1 saturated heterocycles. The van der Waals surface area contributed by atoms with Crippen molar-refractivity contribution in [1.29, 1.82) is 0 Å². The molecule has 1 N–H and O–H groups in total. The maximum atomic E-state index is 12.0. The van der Waals surface area contributed by atoms with Crippen LogP contribution in [0.4, 0.5) is 0 Å². The van der Waals surface area contributed by atoms with Crippen molar-refractivity contribution in [3.63, 3.8) is 0 Å². The van der Waals surface area contributed by atoms with Gasteiger partial charge >= 0.3 is 0 Å². The monoisotopic (exact) mass is 253 g/mol. The predicted molar refractivity (Wildman–Crippen MR) is 67.4 cm³/mol. The van der Waals surface area contributed by atoms with E-state index < -0.39 is 0 Å². The van der Waals surface area contributed by atoms with Gasteiger partial charge in [-0.2, -0.15) is 0 Å². The minimum atomic E-state index is 0.0502. The number of carbonyl (C=O) groups excluding carboxylic acids is 1. The van der Waals surface area contributed by atoms with Gasteiger partial charge in [-0.05, 0) is 31.0 Å². The molecular formula is C13H16ClNO2. The van der Waals surface area contributed by atoms with E-state index in [4.69, 9.17) is 16.7 Å². The first-order valence-electron chi connectivity index (χ1n) is 5.81. The first-order chi connectivity index (χ1) is 8.20. The van der Waals surface area contributed by atoms with Crippen molar-refractivity contribution in [2.75, 3.05) is 26.2 Å². The zero-order valence-corrected chi connectivity index (χ0v) is 10.4. The van der Waals surface area contributed by atoms with Crippen LogP contribution < -0.4 is 0 Å². The number of hydrogen-bond donors (Lipinski definition) is 1. The van der Waals surface area contributed by atoms with Crippen LogP contribution in [-0.2, 0) is 0 Å². The molecule has 1 atom stereocenters. The molecule has 1 aliphatic rings. The Morgan fingerprint density at radius 2 is 2.24 bits per heavy atom. The van der Waals surface area contributed by atoms with Gasteiger partial charge < -0.3 is 5.11 Å². The number of rotatable bonds is 4. The summed E-state index contributed by atoms with van der Waals surface area (Å²) >= 11 is 5.98. The predicted octanol–water partition coefficient (Wildman–Crippen LogP) is 1.84. The Labute approximate surface area is 106 Å². The van der Waals surface area contributed by atoms with Gasteiger partial charge in [0, 0.05) is 18.7 Å². The second kappa shape index (κ2) is 5.63. The average molecular weight is 254 g/mol. The van der Waals surface area contributed by atoms with E-state index in [1.54, 1.807) is 12.1 Å². The maximum absolute atomic E-state index is 12.0. The van der Waals surface area contributed by atoms with Crippen LogP contribution in [0, 0.1) is 5.92 Å². The molecule has 0 saturated carbocycles. The number of aliphatic hydroxyl groups is 1. The summed E-state index contributed by atoms with van der Waals surface area (Å²) < 4.78 is 0. The molecule has 0 aliphatic carbocycles. The van der Waals surface area contributed by atoms with Crippen LogP contribution in [0.2, 0.25) is 5.02 Å². The number of aliphatic hydroxyl groups excluding tert-OH is 1. The first kappa shape index (κ1) is 12.6. The second-order valence-corrected chi connectivity index (χ2v) is 4.88. The van der Waals surface area contributed by atoms with E-state index in [1.165, 1.54) is 0 Å². The molecule has 0 spiro atoms. The van der Waals surface area contributed by atoms with Crippen LogP contribution in [0.15, 0.2) is 24.3 Å². The number of likely N-dealkylation sites (tertiary alicyclic amines) is 1. The second-order valence-electron chi connectivity index (χ2n) is 4.48. The van der Waals surface area contributed by atoms with E-state index in [0.717, 1.165) is 19.5 Å². The number of halogens is 1. The van der Waals surface area contributed by atoms with Gasteiger partial charge in [0.05, 0.1) is 11.6 Å². The van der Waals surface area contributed by atoms with Gasteiger partial charge in [0.2, 0.25) is 0 Å². The smallest absolute Gasteiger partial charge is 0.178 e. The van der Waals surface area contributed by atoms with Gasteiger partial charge in [-0.1, -0.05) is 23.7 Å². The normalized spacial score (nSPS) is 20.7. The zero-order valence-electron chi connectivity index (χ0n) is 9.60. The molecule has 1 heterocycles. The fourth-order valence-electron chi connectivity index (χ4n) is 2.18. The summed E-state index contributed by atoms with van der Waals surface area (Å²) in [5.41, 5.74) is 0.585. The lowest BCUT2D eigenvalue weighted by molar-refractivity contribution is 0.0940. The van der Waals surface area contributed by atoms with Crippen LogP contribution in [0.25, 0.3) is 0 Å². The van der Waals surface area contributed by atoms with Crippen LogP contribution in [-0.4, -0.2) is 42.0 Å². The lowest BCUT2D eigenvalue weighted by Gasteiger charge is -2.14. The van der Waals surface area contributed by atoms with Gasteiger partial charge in [-0.3, -0.25) is 9.69 Å².